The van der Waals surface area contributed by atoms with Gasteiger partial charge in [0, 0.05) is 19.9 Å². The van der Waals surface area contributed by atoms with Crippen LogP contribution in [0.3, 0.4) is 0 Å². The molecule has 0 spiro atoms. The van der Waals surface area contributed by atoms with Crippen LogP contribution in [0.25, 0.3) is 0 Å². The molecule has 0 radical (unpaired) electrons. The van der Waals surface area contributed by atoms with Crippen LogP contribution in [-0.4, -0.2) is 88.2 Å². The van der Waals surface area contributed by atoms with Gasteiger partial charge in [0.15, 0.2) is 12.4 Å². The first-order chi connectivity index (χ1) is 20.1. The highest BCUT2D eigenvalue weighted by Gasteiger charge is 2.45. The third-order valence-corrected chi connectivity index (χ3v) is 7.18. The predicted molar refractivity (Wildman–Crippen MR) is 153 cm³/mol. The number of rotatable bonds is 9. The van der Waals surface area contributed by atoms with Crippen molar-refractivity contribution >= 4 is 64.6 Å². The van der Waals surface area contributed by atoms with Crippen LogP contribution in [0.15, 0.2) is 18.2 Å². The van der Waals surface area contributed by atoms with Gasteiger partial charge < -0.3 is 20.1 Å². The Balaban J connectivity index is 1.82. The van der Waals surface area contributed by atoms with Crippen LogP contribution >= 0.6 is 23.2 Å². The lowest BCUT2D eigenvalue weighted by Crippen LogP contribution is -2.64. The molecule has 13 nitrogen and oxygen atoms in total. The van der Waals surface area contributed by atoms with Gasteiger partial charge in [-0.25, -0.2) is 9.80 Å². The van der Waals surface area contributed by atoms with Crippen molar-refractivity contribution in [1.29, 1.82) is 0 Å². The van der Waals surface area contributed by atoms with Gasteiger partial charge in [0.2, 0.25) is 17.7 Å². The van der Waals surface area contributed by atoms with E-state index in [1.54, 1.807) is 20.8 Å². The van der Waals surface area contributed by atoms with Crippen LogP contribution in [0.4, 0.5) is 0 Å². The van der Waals surface area contributed by atoms with Gasteiger partial charge in [-0.15, -0.1) is 0 Å². The average molecular weight is 642 g/mol. The van der Waals surface area contributed by atoms with Crippen LogP contribution < -0.4 is 10.6 Å². The van der Waals surface area contributed by atoms with Crippen molar-refractivity contribution in [2.24, 2.45) is 0 Å². The lowest BCUT2D eigenvalue weighted by molar-refractivity contribution is -0.176. The van der Waals surface area contributed by atoms with Gasteiger partial charge >= 0.3 is 11.9 Å². The van der Waals surface area contributed by atoms with E-state index < -0.39 is 78.1 Å². The highest BCUT2D eigenvalue weighted by atomic mass is 35.5. The van der Waals surface area contributed by atoms with Crippen molar-refractivity contribution in [2.45, 2.75) is 83.5 Å². The van der Waals surface area contributed by atoms with Crippen LogP contribution in [0.2, 0.25) is 10.0 Å². The van der Waals surface area contributed by atoms with Crippen molar-refractivity contribution < 1.29 is 43.0 Å². The van der Waals surface area contributed by atoms with Gasteiger partial charge in [-0.2, -0.15) is 0 Å². The number of halogens is 2. The van der Waals surface area contributed by atoms with Gasteiger partial charge in [0.25, 0.3) is 5.91 Å². The zero-order chi connectivity index (χ0) is 32.1. The molecule has 2 heterocycles. The Bertz CT molecular complexity index is 1290. The summed E-state index contributed by atoms with van der Waals surface area (Å²) in [5.41, 5.74) is -1.06. The molecule has 2 fully saturated rings. The first-order valence-corrected chi connectivity index (χ1v) is 14.4. The number of esters is 2. The Kier molecular flexibility index (Phi) is 11.1. The average Bonchev–Trinajstić information content (AvgIpc) is 3.02. The number of hydrogen-bond acceptors (Lipinski definition) is 9. The summed E-state index contributed by atoms with van der Waals surface area (Å²) < 4.78 is 10.4. The van der Waals surface area contributed by atoms with Crippen molar-refractivity contribution in [3.05, 3.63) is 33.8 Å². The number of ether oxygens (including phenoxy) is 2. The molecule has 0 aliphatic carbocycles. The molecule has 0 aromatic heterocycles. The molecule has 2 saturated heterocycles. The van der Waals surface area contributed by atoms with E-state index in [9.17, 15) is 33.6 Å². The highest BCUT2D eigenvalue weighted by molar-refractivity contribution is 6.39. The van der Waals surface area contributed by atoms with Crippen molar-refractivity contribution in [3.8, 4) is 0 Å². The van der Waals surface area contributed by atoms with E-state index in [2.05, 4.69) is 10.6 Å². The Morgan fingerprint density at radius 1 is 1.07 bits per heavy atom. The first kappa shape index (κ1) is 33.8. The molecule has 0 saturated carbocycles. The maximum Gasteiger partial charge on any atom is 0.341 e. The van der Waals surface area contributed by atoms with Gasteiger partial charge in [0.1, 0.15) is 23.7 Å². The van der Waals surface area contributed by atoms with Crippen LogP contribution in [0.5, 0.6) is 0 Å². The number of benzene rings is 1. The Labute approximate surface area is 258 Å². The minimum Gasteiger partial charge on any atom is -0.460 e. The van der Waals surface area contributed by atoms with Gasteiger partial charge in [0.05, 0.1) is 22.0 Å². The fourth-order valence-electron chi connectivity index (χ4n) is 4.72. The fraction of sp³-hybridized carbons (Fsp3) is 0.536. The minimum atomic E-state index is -1.52. The number of hydrazine groups is 1. The monoisotopic (exact) mass is 640 g/mol. The molecule has 0 bridgehead atoms. The second kappa shape index (κ2) is 14.2. The number of carbonyl (C=O) groups excluding carboxylic acids is 7. The lowest BCUT2D eigenvalue weighted by atomic mass is 10.0. The number of carbonyl (C=O) groups is 7. The topological polar surface area (TPSA) is 168 Å². The Hall–Kier alpha value is -3.71. The fourth-order valence-corrected chi connectivity index (χ4v) is 5.27. The summed E-state index contributed by atoms with van der Waals surface area (Å²) in [4.78, 5) is 90.1. The van der Waals surface area contributed by atoms with Gasteiger partial charge in [-0.3, -0.25) is 33.8 Å². The predicted octanol–water partition coefficient (Wildman–Crippen LogP) is 1.97. The number of nitrogens with zero attached hydrogens (tertiary/aromatic N) is 2. The summed E-state index contributed by atoms with van der Waals surface area (Å²) in [6, 6.07) is 0.572. The third kappa shape index (κ3) is 8.90. The van der Waals surface area contributed by atoms with Crippen molar-refractivity contribution in [1.82, 2.24) is 20.7 Å². The lowest BCUT2D eigenvalue weighted by Gasteiger charge is -2.43. The summed E-state index contributed by atoms with van der Waals surface area (Å²) >= 11 is 12.1. The maximum atomic E-state index is 13.6. The molecule has 234 valence electrons. The van der Waals surface area contributed by atoms with E-state index in [1.165, 1.54) is 30.1 Å². The SMILES string of the molecule is CC(=O)N[C@H]1CCC(=O)N2CCC[C@@H](C(=O)N[C@@H](CC(=O)OC(C)(C)C)C(=O)COC(=O)c3c(Cl)cccc3Cl)N2C1=O. The molecule has 2 N–H and O–H groups in total. The highest BCUT2D eigenvalue weighted by Crippen LogP contribution is 2.26. The molecule has 0 unspecified atom stereocenters. The first-order valence-electron chi connectivity index (χ1n) is 13.7. The second-order valence-electron chi connectivity index (χ2n) is 11.1. The number of hydrogen-bond donors (Lipinski definition) is 2. The normalized spacial score (nSPS) is 19.5. The summed E-state index contributed by atoms with van der Waals surface area (Å²) in [6.07, 6.45) is -0.0634. The smallest absolute Gasteiger partial charge is 0.341 e. The number of amides is 4. The molecule has 2 aliphatic heterocycles. The van der Waals surface area contributed by atoms with Crippen molar-refractivity contribution in [2.75, 3.05) is 13.2 Å². The second-order valence-corrected chi connectivity index (χ2v) is 12.0. The molecule has 3 rings (SSSR count). The quantitative estimate of drug-likeness (QED) is 0.383. The Morgan fingerprint density at radius 2 is 1.72 bits per heavy atom. The van der Waals surface area contributed by atoms with E-state index in [0.29, 0.717) is 6.42 Å². The summed E-state index contributed by atoms with van der Waals surface area (Å²) in [5, 5.41) is 7.19. The zero-order valence-corrected chi connectivity index (χ0v) is 25.8. The van der Waals surface area contributed by atoms with Crippen LogP contribution in [0, 0.1) is 0 Å². The molecule has 1 aromatic rings. The molecule has 43 heavy (non-hydrogen) atoms. The summed E-state index contributed by atoms with van der Waals surface area (Å²) in [6.45, 7) is 5.44. The summed E-state index contributed by atoms with van der Waals surface area (Å²) in [5.74, 6) is -5.01. The largest absolute Gasteiger partial charge is 0.460 e. The standard InChI is InChI=1S/C28H34Cl2N4O9/c1-15(35)31-18-10-11-22(37)33-12-6-9-20(34(33)26(18)40)25(39)32-19(13-23(38)43-28(2,3)4)21(36)14-42-27(41)24-16(29)7-5-8-17(24)30/h5,7-8,18-20H,6,9-14H2,1-4H3,(H,31,35)(H,32,39)/t18-,19-,20-/m0/s1. The zero-order valence-electron chi connectivity index (χ0n) is 24.2. The van der Waals surface area contributed by atoms with Gasteiger partial charge in [-0.1, -0.05) is 29.3 Å². The molecule has 2 aliphatic rings. The number of nitrogens with one attached hydrogen (secondary N) is 2. The van der Waals surface area contributed by atoms with E-state index in [0.717, 1.165) is 5.01 Å². The Morgan fingerprint density at radius 3 is 2.33 bits per heavy atom. The van der Waals surface area contributed by atoms with E-state index >= 15 is 0 Å². The molecular formula is C28H34Cl2N4O9. The molecule has 1 aromatic carbocycles. The molecule has 4 amide bonds. The minimum absolute atomic E-state index is 0.000333. The third-order valence-electron chi connectivity index (χ3n) is 6.55. The molecular weight excluding hydrogens is 607 g/mol. The molecule has 15 heteroatoms. The molecule has 3 atom stereocenters. The van der Waals surface area contributed by atoms with Crippen LogP contribution in [-0.2, 0) is 38.2 Å². The van der Waals surface area contributed by atoms with E-state index in [1.807, 2.05) is 0 Å². The van der Waals surface area contributed by atoms with Gasteiger partial charge in [-0.05, 0) is 52.2 Å². The number of ketones is 1. The van der Waals surface area contributed by atoms with E-state index in [4.69, 9.17) is 32.7 Å². The number of fused-ring (bicyclic) bond motifs is 1. The number of Topliss-reactive ketones (excluding diaryl/α,β-unsaturated/α-hetero) is 1. The van der Waals surface area contributed by atoms with E-state index in [-0.39, 0.29) is 41.4 Å². The van der Waals surface area contributed by atoms with Crippen molar-refractivity contribution in [3.63, 3.8) is 0 Å². The summed E-state index contributed by atoms with van der Waals surface area (Å²) in [7, 11) is 0. The van der Waals surface area contributed by atoms with Crippen LogP contribution in [0.1, 0.15) is 70.2 Å². The maximum absolute atomic E-state index is 13.6.